The third-order valence-electron chi connectivity index (χ3n) is 3.97. The molecule has 1 aliphatic heterocycles. The molecule has 0 aromatic carbocycles. The molecule has 1 N–H and O–H groups in total. The van der Waals surface area contributed by atoms with E-state index < -0.39 is 6.09 Å². The number of hydrogen-bond donors (Lipinski definition) is 1. The Bertz CT molecular complexity index is 382. The predicted octanol–water partition coefficient (Wildman–Crippen LogP) is 4.24. The van der Waals surface area contributed by atoms with Crippen molar-refractivity contribution in [2.75, 3.05) is 13.2 Å². The minimum Gasteiger partial charge on any atom is -0.435 e. The molecule has 0 radical (unpaired) electrons. The molecule has 20 heavy (non-hydrogen) atoms. The number of rotatable bonds is 5. The molecule has 0 aromatic rings. The molecular weight excluding hydrogens is 252 g/mol. The van der Waals surface area contributed by atoms with Crippen LogP contribution in [0.1, 0.15) is 60.8 Å². The summed E-state index contributed by atoms with van der Waals surface area (Å²) in [5, 5.41) is 9.60. The predicted molar refractivity (Wildman–Crippen MR) is 82.1 cm³/mol. The van der Waals surface area contributed by atoms with Gasteiger partial charge in [0.2, 0.25) is 0 Å². The van der Waals surface area contributed by atoms with Crippen LogP contribution in [0.25, 0.3) is 0 Å². The fourth-order valence-electron chi connectivity index (χ4n) is 3.17. The summed E-state index contributed by atoms with van der Waals surface area (Å²) < 4.78 is 0.0431. The lowest BCUT2D eigenvalue weighted by Gasteiger charge is -2.40. The average Bonchev–Trinajstić information content (AvgIpc) is 2.69. The zero-order chi connectivity index (χ0) is 15.6. The molecule has 116 valence electrons. The second kappa shape index (κ2) is 5.76. The first kappa shape index (κ1) is 17.0. The van der Waals surface area contributed by atoms with E-state index >= 15 is 0 Å². The number of carboxylic acid groups (broad SMARTS) is 1. The van der Waals surface area contributed by atoms with E-state index in [2.05, 4.69) is 46.4 Å². The highest BCUT2D eigenvalue weighted by atomic mass is 16.4. The fraction of sp³-hybridized carbons (Fsp3) is 0.812. The van der Waals surface area contributed by atoms with Gasteiger partial charge in [0.15, 0.2) is 6.67 Å². The molecule has 0 saturated heterocycles. The average molecular weight is 283 g/mol. The van der Waals surface area contributed by atoms with Crippen molar-refractivity contribution in [3.05, 3.63) is 12.4 Å². The Morgan fingerprint density at radius 2 is 1.90 bits per heavy atom. The molecule has 4 nitrogen and oxygen atoms in total. The van der Waals surface area contributed by atoms with Crippen molar-refractivity contribution in [3.63, 3.8) is 0 Å². The molecular formula is C16H31N2O2+. The molecule has 1 unspecified atom stereocenters. The zero-order valence-electron chi connectivity index (χ0n) is 13.9. The highest BCUT2D eigenvalue weighted by Crippen LogP contribution is 2.35. The van der Waals surface area contributed by atoms with E-state index in [9.17, 15) is 9.90 Å². The normalized spacial score (nSPS) is 23.4. The van der Waals surface area contributed by atoms with E-state index in [0.29, 0.717) is 13.2 Å². The van der Waals surface area contributed by atoms with E-state index in [1.807, 2.05) is 12.4 Å². The van der Waals surface area contributed by atoms with Crippen LogP contribution in [0, 0.1) is 5.41 Å². The van der Waals surface area contributed by atoms with Crippen molar-refractivity contribution in [2.45, 2.75) is 66.3 Å². The first-order chi connectivity index (χ1) is 9.02. The number of quaternary nitrogens is 1. The third-order valence-corrected chi connectivity index (χ3v) is 3.97. The topological polar surface area (TPSA) is 40.5 Å². The Hall–Kier alpha value is -1.03. The molecule has 0 aliphatic carbocycles. The van der Waals surface area contributed by atoms with Crippen molar-refractivity contribution >= 4 is 6.09 Å². The van der Waals surface area contributed by atoms with Gasteiger partial charge in [0.1, 0.15) is 6.20 Å². The highest BCUT2D eigenvalue weighted by molar-refractivity contribution is 5.57. The van der Waals surface area contributed by atoms with E-state index in [-0.39, 0.29) is 15.4 Å². The van der Waals surface area contributed by atoms with Crippen molar-refractivity contribution in [3.8, 4) is 0 Å². The smallest absolute Gasteiger partial charge is 0.435 e. The Morgan fingerprint density at radius 3 is 2.35 bits per heavy atom. The van der Waals surface area contributed by atoms with Crippen LogP contribution < -0.4 is 0 Å². The molecule has 0 aromatic heterocycles. The summed E-state index contributed by atoms with van der Waals surface area (Å²) in [7, 11) is 0. The van der Waals surface area contributed by atoms with Crippen LogP contribution in [-0.2, 0) is 0 Å². The molecule has 0 bridgehead atoms. The monoisotopic (exact) mass is 283 g/mol. The lowest BCUT2D eigenvalue weighted by Crippen LogP contribution is -2.53. The van der Waals surface area contributed by atoms with Crippen LogP contribution in [0.15, 0.2) is 12.4 Å². The Morgan fingerprint density at radius 1 is 1.30 bits per heavy atom. The van der Waals surface area contributed by atoms with Crippen LogP contribution in [-0.4, -0.2) is 39.3 Å². The summed E-state index contributed by atoms with van der Waals surface area (Å²) in [6, 6.07) is 0. The maximum Gasteiger partial charge on any atom is 0.519 e. The van der Waals surface area contributed by atoms with Crippen molar-refractivity contribution < 1.29 is 14.4 Å². The van der Waals surface area contributed by atoms with Crippen LogP contribution in [0.2, 0.25) is 0 Å². The fourth-order valence-corrected chi connectivity index (χ4v) is 3.17. The van der Waals surface area contributed by atoms with Crippen LogP contribution in [0.5, 0.6) is 0 Å². The van der Waals surface area contributed by atoms with Gasteiger partial charge in [-0.25, -0.2) is 0 Å². The van der Waals surface area contributed by atoms with Crippen LogP contribution in [0.4, 0.5) is 4.79 Å². The number of nitrogens with zero attached hydrogens (tertiary/aromatic N) is 2. The summed E-state index contributed by atoms with van der Waals surface area (Å²) in [4.78, 5) is 13.9. The number of unbranched alkanes of at least 4 members (excludes halogenated alkanes) is 1. The number of amides is 1. The number of hydrogen-bond acceptors (Lipinski definition) is 2. The van der Waals surface area contributed by atoms with Gasteiger partial charge in [0.25, 0.3) is 0 Å². The SMILES string of the molecule is CCCC[N+]1(C(=O)O)C=CN(C(C)(C)CC(C)(C)C)C1. The van der Waals surface area contributed by atoms with Gasteiger partial charge in [-0.1, -0.05) is 34.1 Å². The van der Waals surface area contributed by atoms with Gasteiger partial charge in [-0.3, -0.25) is 0 Å². The first-order valence-corrected chi connectivity index (χ1v) is 7.59. The van der Waals surface area contributed by atoms with Crippen molar-refractivity contribution in [1.82, 2.24) is 4.90 Å². The molecule has 1 rings (SSSR count). The largest absolute Gasteiger partial charge is 0.519 e. The lowest BCUT2D eigenvalue weighted by molar-refractivity contribution is -0.809. The molecule has 0 spiro atoms. The van der Waals surface area contributed by atoms with Gasteiger partial charge in [-0.05, 0) is 32.1 Å². The zero-order valence-corrected chi connectivity index (χ0v) is 13.9. The Balaban J connectivity index is 2.84. The lowest BCUT2D eigenvalue weighted by atomic mass is 9.81. The van der Waals surface area contributed by atoms with E-state index in [0.717, 1.165) is 19.3 Å². The molecule has 0 saturated carbocycles. The maximum atomic E-state index is 11.7. The molecule has 1 atom stereocenters. The molecule has 4 heteroatoms. The second-order valence-electron chi connectivity index (χ2n) is 7.85. The van der Waals surface area contributed by atoms with E-state index in [1.54, 1.807) is 0 Å². The van der Waals surface area contributed by atoms with E-state index in [4.69, 9.17) is 0 Å². The van der Waals surface area contributed by atoms with E-state index in [1.165, 1.54) is 0 Å². The van der Waals surface area contributed by atoms with Gasteiger partial charge in [0, 0.05) is 5.54 Å². The van der Waals surface area contributed by atoms with Gasteiger partial charge < -0.3 is 10.0 Å². The summed E-state index contributed by atoms with van der Waals surface area (Å²) in [6.07, 6.45) is 6.07. The third kappa shape index (κ3) is 3.98. The highest BCUT2D eigenvalue weighted by Gasteiger charge is 2.44. The van der Waals surface area contributed by atoms with Crippen molar-refractivity contribution in [1.29, 1.82) is 0 Å². The second-order valence-corrected chi connectivity index (χ2v) is 7.85. The number of carbonyl (C=O) groups is 1. The van der Waals surface area contributed by atoms with Crippen LogP contribution in [0.3, 0.4) is 0 Å². The molecule has 1 amide bonds. The minimum atomic E-state index is -0.747. The van der Waals surface area contributed by atoms with Crippen molar-refractivity contribution in [2.24, 2.45) is 5.41 Å². The maximum absolute atomic E-state index is 11.7. The van der Waals surface area contributed by atoms with Gasteiger partial charge in [0.05, 0.1) is 12.7 Å². The molecule has 0 fully saturated rings. The summed E-state index contributed by atoms with van der Waals surface area (Å²) in [6.45, 7) is 14.4. The van der Waals surface area contributed by atoms with Crippen LogP contribution >= 0.6 is 0 Å². The molecule has 1 aliphatic rings. The molecule has 1 heterocycles. The van der Waals surface area contributed by atoms with Gasteiger partial charge in [-0.15, -0.1) is 0 Å². The summed E-state index contributed by atoms with van der Waals surface area (Å²) in [5.41, 5.74) is 0.193. The summed E-state index contributed by atoms with van der Waals surface area (Å²) >= 11 is 0. The quantitative estimate of drug-likeness (QED) is 0.767. The first-order valence-electron chi connectivity index (χ1n) is 7.59. The Kier molecular flexibility index (Phi) is 4.90. The standard InChI is InChI=1S/C16H30N2O2/c1-7-8-10-18(14(19)20)11-9-17(13-18)16(5,6)12-15(2,3)4/h9,11H,7-8,10,12-13H2,1-6H3/p+1. The summed E-state index contributed by atoms with van der Waals surface area (Å²) in [5.74, 6) is 0. The van der Waals surface area contributed by atoms with Gasteiger partial charge >= 0.3 is 6.09 Å². The Labute approximate surface area is 123 Å². The minimum absolute atomic E-state index is 0.0313. The van der Waals surface area contributed by atoms with Gasteiger partial charge in [-0.2, -0.15) is 9.28 Å².